The van der Waals surface area contributed by atoms with Crippen molar-refractivity contribution in [2.75, 3.05) is 13.7 Å². The molecule has 1 aromatic rings. The number of carbonyl (C=O) groups is 2. The molecule has 0 aromatic carbocycles. The molecule has 0 saturated heterocycles. The van der Waals surface area contributed by atoms with Crippen molar-refractivity contribution in [3.8, 4) is 0 Å². The number of aromatic nitrogens is 1. The Labute approximate surface area is 227 Å². The molecule has 9 heteroatoms. The molecule has 1 aromatic heterocycles. The van der Waals surface area contributed by atoms with E-state index in [0.29, 0.717) is 11.8 Å². The third kappa shape index (κ3) is 12.4. The first-order valence-electron chi connectivity index (χ1n) is 13.4. The molecule has 0 radical (unpaired) electrons. The van der Waals surface area contributed by atoms with Gasteiger partial charge in [-0.15, -0.1) is 0 Å². The number of rotatable bonds is 12. The highest BCUT2D eigenvalue weighted by atomic mass is 35.5. The number of nitrogens with zero attached hydrogens (tertiary/aromatic N) is 2. The van der Waals surface area contributed by atoms with Gasteiger partial charge in [-0.05, 0) is 91.7 Å². The number of hydrogen-bond acceptors (Lipinski definition) is 6. The fourth-order valence-electron chi connectivity index (χ4n) is 4.09. The molecular weight excluding hydrogens is 494 g/mol. The molecule has 0 spiro atoms. The van der Waals surface area contributed by atoms with Crippen LogP contribution in [-0.4, -0.2) is 65.1 Å². The average molecular weight is 540 g/mol. The molecule has 1 heterocycles. The van der Waals surface area contributed by atoms with Gasteiger partial charge in [-0.25, -0.2) is 14.6 Å². The van der Waals surface area contributed by atoms with Crippen LogP contribution in [0.5, 0.6) is 0 Å². The van der Waals surface area contributed by atoms with Gasteiger partial charge < -0.3 is 24.4 Å². The summed E-state index contributed by atoms with van der Waals surface area (Å²) in [5.74, 6) is 0. The fourth-order valence-corrected chi connectivity index (χ4v) is 4.31. The lowest BCUT2D eigenvalue weighted by Crippen LogP contribution is -2.50. The van der Waals surface area contributed by atoms with Crippen LogP contribution in [0.25, 0.3) is 0 Å². The third-order valence-electron chi connectivity index (χ3n) is 6.17. The highest BCUT2D eigenvalue weighted by Gasteiger charge is 2.36. The Bertz CT molecular complexity index is 862. The van der Waals surface area contributed by atoms with Gasteiger partial charge in [0.2, 0.25) is 0 Å². The summed E-state index contributed by atoms with van der Waals surface area (Å²) < 4.78 is 16.9. The van der Waals surface area contributed by atoms with Gasteiger partial charge in [0, 0.05) is 31.9 Å². The van der Waals surface area contributed by atoms with Crippen molar-refractivity contribution in [2.24, 2.45) is 0 Å². The van der Waals surface area contributed by atoms with Crippen LogP contribution in [0, 0.1) is 0 Å². The van der Waals surface area contributed by atoms with Crippen molar-refractivity contribution >= 4 is 23.8 Å². The minimum absolute atomic E-state index is 0.0113. The number of alkyl carbamates (subject to hydrolysis) is 1. The number of ether oxygens (including phenoxy) is 3. The monoisotopic (exact) mass is 539 g/mol. The second-order valence-electron chi connectivity index (χ2n) is 11.9. The van der Waals surface area contributed by atoms with Gasteiger partial charge in [0.05, 0.1) is 6.10 Å². The maximum Gasteiger partial charge on any atom is 0.410 e. The van der Waals surface area contributed by atoms with Gasteiger partial charge in [0.1, 0.15) is 16.4 Å². The maximum absolute atomic E-state index is 12.4. The van der Waals surface area contributed by atoms with Crippen LogP contribution < -0.4 is 5.32 Å². The summed E-state index contributed by atoms with van der Waals surface area (Å²) in [6.07, 6.45) is 8.15. The molecule has 1 N–H and O–H groups in total. The fraction of sp³-hybridized carbons (Fsp3) is 0.750. The van der Waals surface area contributed by atoms with Crippen molar-refractivity contribution in [2.45, 2.75) is 122 Å². The number of halogens is 1. The standard InChI is InChI=1S/C28H46ClN3O5/c1-27(2,3)36-25(33)31-21(15-14-20-12-11-16-30-24(20)29)13-9-8-10-17-35-23-18-22(19-23)32(7)26(34)37-28(4,5)6/h11-12,16,21-23H,8-10,13-15,17-19H2,1-7H3,(H,31,33). The van der Waals surface area contributed by atoms with E-state index in [9.17, 15) is 9.59 Å². The molecule has 1 unspecified atom stereocenters. The lowest BCUT2D eigenvalue weighted by molar-refractivity contribution is -0.0519. The number of aryl methyl sites for hydroxylation is 1. The van der Waals surface area contributed by atoms with E-state index < -0.39 is 17.3 Å². The van der Waals surface area contributed by atoms with Crippen LogP contribution in [0.3, 0.4) is 0 Å². The Balaban J connectivity index is 1.67. The zero-order valence-corrected chi connectivity index (χ0v) is 24.4. The number of unbranched alkanes of at least 4 members (excludes halogenated alkanes) is 2. The molecule has 0 aliphatic heterocycles. The first-order valence-corrected chi connectivity index (χ1v) is 13.8. The molecule has 1 saturated carbocycles. The molecule has 2 rings (SSSR count). The highest BCUT2D eigenvalue weighted by molar-refractivity contribution is 6.30. The van der Waals surface area contributed by atoms with E-state index in [-0.39, 0.29) is 24.3 Å². The minimum Gasteiger partial charge on any atom is -0.444 e. The third-order valence-corrected chi connectivity index (χ3v) is 6.51. The Morgan fingerprint density at radius 1 is 1.08 bits per heavy atom. The van der Waals surface area contributed by atoms with Crippen LogP contribution in [0.15, 0.2) is 18.3 Å². The van der Waals surface area contributed by atoms with Gasteiger partial charge in [0.15, 0.2) is 0 Å². The predicted molar refractivity (Wildman–Crippen MR) is 146 cm³/mol. The van der Waals surface area contributed by atoms with Gasteiger partial charge in [-0.2, -0.15) is 0 Å². The van der Waals surface area contributed by atoms with Crippen LogP contribution in [0.2, 0.25) is 5.15 Å². The first-order chi connectivity index (χ1) is 17.2. The number of pyridine rings is 1. The molecule has 8 nitrogen and oxygen atoms in total. The van der Waals surface area contributed by atoms with Crippen LogP contribution in [-0.2, 0) is 20.6 Å². The summed E-state index contributed by atoms with van der Waals surface area (Å²) >= 11 is 6.21. The second-order valence-corrected chi connectivity index (χ2v) is 12.3. The Morgan fingerprint density at radius 3 is 2.38 bits per heavy atom. The topological polar surface area (TPSA) is 90.0 Å². The van der Waals surface area contributed by atoms with E-state index in [0.717, 1.165) is 56.9 Å². The average Bonchev–Trinajstić information content (AvgIpc) is 2.73. The van der Waals surface area contributed by atoms with E-state index in [4.69, 9.17) is 25.8 Å². The van der Waals surface area contributed by atoms with Gasteiger partial charge >= 0.3 is 12.2 Å². The van der Waals surface area contributed by atoms with Crippen LogP contribution >= 0.6 is 11.6 Å². The quantitative estimate of drug-likeness (QED) is 0.240. The molecule has 1 atom stereocenters. The zero-order valence-electron chi connectivity index (χ0n) is 23.6. The molecule has 1 aliphatic carbocycles. The van der Waals surface area contributed by atoms with E-state index in [1.807, 2.05) is 53.7 Å². The maximum atomic E-state index is 12.4. The Morgan fingerprint density at radius 2 is 1.76 bits per heavy atom. The summed E-state index contributed by atoms with van der Waals surface area (Å²) in [7, 11) is 1.79. The first kappa shape index (κ1) is 31.2. The van der Waals surface area contributed by atoms with Crippen molar-refractivity contribution in [3.63, 3.8) is 0 Å². The molecule has 1 fully saturated rings. The molecule has 1 aliphatic rings. The Kier molecular flexibility index (Phi) is 12.0. The summed E-state index contributed by atoms with van der Waals surface area (Å²) in [5.41, 5.74) is -0.0521. The largest absolute Gasteiger partial charge is 0.444 e. The van der Waals surface area contributed by atoms with Crippen LogP contribution in [0.4, 0.5) is 9.59 Å². The molecule has 37 heavy (non-hydrogen) atoms. The number of carbonyl (C=O) groups excluding carboxylic acids is 2. The summed E-state index contributed by atoms with van der Waals surface area (Å²) in [4.78, 5) is 30.4. The summed E-state index contributed by atoms with van der Waals surface area (Å²) in [6.45, 7) is 11.9. The predicted octanol–water partition coefficient (Wildman–Crippen LogP) is 6.54. The van der Waals surface area contributed by atoms with Gasteiger partial charge in [-0.1, -0.05) is 30.5 Å². The number of amides is 2. The highest BCUT2D eigenvalue weighted by Crippen LogP contribution is 2.29. The van der Waals surface area contributed by atoms with E-state index in [1.165, 1.54) is 0 Å². The van der Waals surface area contributed by atoms with Gasteiger partial charge in [-0.3, -0.25) is 0 Å². The molecule has 210 valence electrons. The number of hydrogen-bond donors (Lipinski definition) is 1. The molecule has 2 amide bonds. The molecule has 0 bridgehead atoms. The van der Waals surface area contributed by atoms with Crippen molar-refractivity contribution in [1.82, 2.24) is 15.2 Å². The SMILES string of the molecule is CN(C(=O)OC(C)(C)C)C1CC(OCCCCCC(CCc2cccnc2Cl)NC(=O)OC(C)(C)C)C1. The van der Waals surface area contributed by atoms with Crippen molar-refractivity contribution in [3.05, 3.63) is 29.0 Å². The van der Waals surface area contributed by atoms with Crippen LogP contribution in [0.1, 0.15) is 92.1 Å². The molecular formula is C28H46ClN3O5. The second kappa shape index (κ2) is 14.2. The minimum atomic E-state index is -0.541. The van der Waals surface area contributed by atoms with E-state index in [2.05, 4.69) is 10.3 Å². The normalized spacial score (nSPS) is 18.5. The lowest BCUT2D eigenvalue weighted by atomic mass is 9.88. The van der Waals surface area contributed by atoms with E-state index >= 15 is 0 Å². The smallest absolute Gasteiger partial charge is 0.410 e. The zero-order chi connectivity index (χ0) is 27.6. The van der Waals surface area contributed by atoms with Crippen molar-refractivity contribution in [1.29, 1.82) is 0 Å². The summed E-state index contributed by atoms with van der Waals surface area (Å²) in [6, 6.07) is 4.00. The Hall–Kier alpha value is -2.06. The summed E-state index contributed by atoms with van der Waals surface area (Å²) in [5, 5.41) is 3.54. The van der Waals surface area contributed by atoms with Crippen molar-refractivity contribution < 1.29 is 23.8 Å². The number of nitrogens with one attached hydrogen (secondary N) is 1. The van der Waals surface area contributed by atoms with E-state index in [1.54, 1.807) is 18.1 Å². The lowest BCUT2D eigenvalue weighted by Gasteiger charge is -2.41. The van der Waals surface area contributed by atoms with Gasteiger partial charge in [0.25, 0.3) is 0 Å².